The number of nitrogens with one attached hydrogen (secondary N) is 1. The van der Waals surface area contributed by atoms with Crippen LogP contribution in [0.4, 0.5) is 5.69 Å². The third kappa shape index (κ3) is 2.99. The first-order valence-corrected chi connectivity index (χ1v) is 9.53. The van der Waals surface area contributed by atoms with Gasteiger partial charge in [0, 0.05) is 11.4 Å². The minimum atomic E-state index is -0.472. The number of carbonyl (C=O) groups is 3. The Morgan fingerprint density at radius 2 is 2.04 bits per heavy atom. The van der Waals surface area contributed by atoms with Crippen molar-refractivity contribution in [3.8, 4) is 0 Å². The molecular formula is C19H19N3O3S. The zero-order chi connectivity index (χ0) is 18.1. The van der Waals surface area contributed by atoms with Gasteiger partial charge in [-0.1, -0.05) is 18.2 Å². The van der Waals surface area contributed by atoms with Gasteiger partial charge in [0.25, 0.3) is 5.91 Å². The lowest BCUT2D eigenvalue weighted by atomic mass is 10.1. The van der Waals surface area contributed by atoms with Gasteiger partial charge in [0.2, 0.25) is 11.8 Å². The molecule has 6 nitrogen and oxygen atoms in total. The third-order valence-corrected chi connectivity index (χ3v) is 5.71. The molecule has 0 bridgehead atoms. The summed E-state index contributed by atoms with van der Waals surface area (Å²) in [7, 11) is 0. The van der Waals surface area contributed by atoms with Gasteiger partial charge in [-0.15, -0.1) is 11.3 Å². The highest BCUT2D eigenvalue weighted by Gasteiger charge is 2.42. The van der Waals surface area contributed by atoms with Crippen molar-refractivity contribution >= 4 is 34.7 Å². The van der Waals surface area contributed by atoms with Gasteiger partial charge < -0.3 is 15.1 Å². The molecule has 0 spiro atoms. The van der Waals surface area contributed by atoms with Gasteiger partial charge in [0.05, 0.1) is 17.8 Å². The van der Waals surface area contributed by atoms with E-state index in [-0.39, 0.29) is 24.3 Å². The van der Waals surface area contributed by atoms with Crippen LogP contribution in [0, 0.1) is 0 Å². The zero-order valence-corrected chi connectivity index (χ0v) is 15.0. The van der Waals surface area contributed by atoms with Crippen molar-refractivity contribution in [1.82, 2.24) is 10.2 Å². The number of rotatable bonds is 4. The number of hydrogen-bond donors (Lipinski definition) is 1. The van der Waals surface area contributed by atoms with E-state index in [0.29, 0.717) is 30.8 Å². The van der Waals surface area contributed by atoms with E-state index in [4.69, 9.17) is 0 Å². The first-order chi connectivity index (χ1) is 12.6. The molecule has 7 heteroatoms. The van der Waals surface area contributed by atoms with Crippen LogP contribution in [-0.4, -0.2) is 41.8 Å². The molecule has 2 aliphatic rings. The van der Waals surface area contributed by atoms with Crippen molar-refractivity contribution in [2.24, 2.45) is 0 Å². The highest BCUT2D eigenvalue weighted by atomic mass is 32.1. The third-order valence-electron chi connectivity index (χ3n) is 4.83. The molecular weight excluding hydrogens is 350 g/mol. The minimum absolute atomic E-state index is 0.0845. The van der Waals surface area contributed by atoms with Crippen LogP contribution in [-0.2, 0) is 16.1 Å². The van der Waals surface area contributed by atoms with Gasteiger partial charge in [-0.05, 0) is 36.4 Å². The van der Waals surface area contributed by atoms with Crippen molar-refractivity contribution in [1.29, 1.82) is 0 Å². The second-order valence-corrected chi connectivity index (χ2v) is 7.49. The van der Waals surface area contributed by atoms with Crippen molar-refractivity contribution in [2.45, 2.75) is 25.4 Å². The Morgan fingerprint density at radius 3 is 2.85 bits per heavy atom. The Morgan fingerprint density at radius 1 is 1.19 bits per heavy atom. The van der Waals surface area contributed by atoms with Gasteiger partial charge in [0.1, 0.15) is 12.6 Å². The number of para-hydroxylation sites is 1. The summed E-state index contributed by atoms with van der Waals surface area (Å²) in [4.78, 5) is 42.5. The number of amides is 3. The molecule has 3 heterocycles. The normalized spacial score (nSPS) is 19.2. The van der Waals surface area contributed by atoms with Crippen LogP contribution in [0.25, 0.3) is 0 Å². The highest BCUT2D eigenvalue weighted by molar-refractivity contribution is 7.09. The van der Waals surface area contributed by atoms with Gasteiger partial charge in [0.15, 0.2) is 0 Å². The van der Waals surface area contributed by atoms with Crippen molar-refractivity contribution in [2.75, 3.05) is 18.0 Å². The Bertz CT molecular complexity index is 849. The number of carbonyl (C=O) groups excluding carboxylic acids is 3. The van der Waals surface area contributed by atoms with Gasteiger partial charge >= 0.3 is 0 Å². The predicted molar refractivity (Wildman–Crippen MR) is 99.0 cm³/mol. The molecule has 0 saturated carbocycles. The van der Waals surface area contributed by atoms with Crippen LogP contribution >= 0.6 is 11.3 Å². The molecule has 2 aromatic rings. The quantitative estimate of drug-likeness (QED) is 0.896. The fraction of sp³-hybridized carbons (Fsp3) is 0.316. The SMILES string of the molecule is O=C(CN1C(=O)[C@H]2CCCN2C(=O)c2ccccc21)NCc1cccs1. The number of hydrogen-bond acceptors (Lipinski definition) is 4. The van der Waals surface area contributed by atoms with Crippen molar-refractivity contribution < 1.29 is 14.4 Å². The largest absolute Gasteiger partial charge is 0.350 e. The Labute approximate surface area is 155 Å². The van der Waals surface area contributed by atoms with Gasteiger partial charge in [-0.25, -0.2) is 0 Å². The molecule has 0 aliphatic carbocycles. The molecule has 1 atom stereocenters. The maximum Gasteiger partial charge on any atom is 0.256 e. The summed E-state index contributed by atoms with van der Waals surface area (Å²) < 4.78 is 0. The lowest BCUT2D eigenvalue weighted by Crippen LogP contribution is -2.48. The van der Waals surface area contributed by atoms with E-state index in [1.54, 1.807) is 40.5 Å². The van der Waals surface area contributed by atoms with E-state index in [1.807, 2.05) is 17.5 Å². The number of anilines is 1. The average molecular weight is 369 g/mol. The van der Waals surface area contributed by atoms with Crippen LogP contribution in [0.15, 0.2) is 41.8 Å². The maximum absolute atomic E-state index is 13.1. The van der Waals surface area contributed by atoms with Crippen LogP contribution in [0.5, 0.6) is 0 Å². The Hall–Kier alpha value is -2.67. The monoisotopic (exact) mass is 369 g/mol. The number of benzene rings is 1. The summed E-state index contributed by atoms with van der Waals surface area (Å²) in [5, 5.41) is 4.81. The maximum atomic E-state index is 13.1. The molecule has 0 unspecified atom stereocenters. The molecule has 2 aliphatic heterocycles. The Balaban J connectivity index is 1.58. The van der Waals surface area contributed by atoms with E-state index in [1.165, 1.54) is 4.90 Å². The highest BCUT2D eigenvalue weighted by Crippen LogP contribution is 2.32. The van der Waals surface area contributed by atoms with Crippen LogP contribution in [0.3, 0.4) is 0 Å². The Kier molecular flexibility index (Phi) is 4.46. The first-order valence-electron chi connectivity index (χ1n) is 8.65. The van der Waals surface area contributed by atoms with Crippen LogP contribution in [0.1, 0.15) is 28.1 Å². The summed E-state index contributed by atoms with van der Waals surface area (Å²) in [5.74, 6) is -0.537. The smallest absolute Gasteiger partial charge is 0.256 e. The van der Waals surface area contributed by atoms with Crippen LogP contribution in [0.2, 0.25) is 0 Å². The van der Waals surface area contributed by atoms with Crippen LogP contribution < -0.4 is 10.2 Å². The standard InChI is InChI=1S/C19H19N3O3S/c23-17(20-11-13-5-4-10-26-13)12-22-15-7-2-1-6-14(15)18(24)21-9-3-8-16(21)19(22)25/h1-2,4-7,10,16H,3,8-9,11-12H2,(H,20,23)/t16-/m1/s1. The summed E-state index contributed by atoms with van der Waals surface area (Å²) in [6, 6.07) is 10.4. The fourth-order valence-electron chi connectivity index (χ4n) is 3.57. The van der Waals surface area contributed by atoms with E-state index in [2.05, 4.69) is 5.32 Å². The van der Waals surface area contributed by atoms with Crippen molar-refractivity contribution in [3.05, 3.63) is 52.2 Å². The minimum Gasteiger partial charge on any atom is -0.350 e. The molecule has 1 N–H and O–H groups in total. The molecule has 4 rings (SSSR count). The summed E-state index contributed by atoms with van der Waals surface area (Å²) in [6.07, 6.45) is 1.45. The molecule has 3 amide bonds. The fourth-order valence-corrected chi connectivity index (χ4v) is 4.22. The van der Waals surface area contributed by atoms with E-state index in [0.717, 1.165) is 11.3 Å². The second kappa shape index (κ2) is 6.92. The lowest BCUT2D eigenvalue weighted by molar-refractivity contribution is -0.125. The molecule has 1 aromatic carbocycles. The van der Waals surface area contributed by atoms with Gasteiger partial charge in [-0.2, -0.15) is 0 Å². The first kappa shape index (κ1) is 16.8. The molecule has 1 aromatic heterocycles. The van der Waals surface area contributed by atoms with Crippen molar-refractivity contribution in [3.63, 3.8) is 0 Å². The molecule has 0 radical (unpaired) electrons. The summed E-state index contributed by atoms with van der Waals surface area (Å²) in [5.41, 5.74) is 1.000. The predicted octanol–water partition coefficient (Wildman–Crippen LogP) is 2.02. The topological polar surface area (TPSA) is 69.7 Å². The summed E-state index contributed by atoms with van der Waals surface area (Å²) >= 11 is 1.57. The average Bonchev–Trinajstić information content (AvgIpc) is 3.33. The number of fused-ring (bicyclic) bond motifs is 2. The van der Waals surface area contributed by atoms with Gasteiger partial charge in [-0.3, -0.25) is 14.4 Å². The molecule has 134 valence electrons. The second-order valence-electron chi connectivity index (χ2n) is 6.45. The number of nitrogens with zero attached hydrogens (tertiary/aromatic N) is 2. The van der Waals surface area contributed by atoms with E-state index >= 15 is 0 Å². The zero-order valence-electron chi connectivity index (χ0n) is 14.2. The summed E-state index contributed by atoms with van der Waals surface area (Å²) in [6.45, 7) is 0.940. The molecule has 26 heavy (non-hydrogen) atoms. The molecule has 1 saturated heterocycles. The lowest BCUT2D eigenvalue weighted by Gasteiger charge is -2.25. The number of thiophene rings is 1. The van der Waals surface area contributed by atoms with E-state index in [9.17, 15) is 14.4 Å². The van der Waals surface area contributed by atoms with E-state index < -0.39 is 6.04 Å². The molecule has 1 fully saturated rings.